The van der Waals surface area contributed by atoms with Crippen LogP contribution >= 0.6 is 12.0 Å². The van der Waals surface area contributed by atoms with Crippen LogP contribution in [0.15, 0.2) is 121 Å². The predicted octanol–water partition coefficient (Wildman–Crippen LogP) is -8.67. The number of anilines is 5. The van der Waals surface area contributed by atoms with E-state index in [4.69, 9.17) is 0 Å². The van der Waals surface area contributed by atoms with E-state index >= 15 is 0 Å². The fraction of sp³-hybridized carbons (Fsp3) is 0.0588. The number of carbonyl (C=O) groups excluding carboxylic acids is 1. The molecule has 0 fully saturated rings. The number of amides is 1. The Hall–Kier alpha value is -2.36. The predicted molar refractivity (Wildman–Crippen MR) is 215 cm³/mol. The van der Waals surface area contributed by atoms with Crippen LogP contribution in [0.5, 0.6) is 5.75 Å². The second-order valence-electron chi connectivity index (χ2n) is 12.5. The fourth-order valence-electron chi connectivity index (χ4n) is 5.56. The number of azo groups is 1. The molecule has 0 atom stereocenters. The van der Waals surface area contributed by atoms with Crippen molar-refractivity contribution >= 4 is 110 Å². The van der Waals surface area contributed by atoms with Crippen LogP contribution in [0, 0.1) is 6.08 Å². The largest absolute Gasteiger partial charge is 1.00 e. The van der Waals surface area contributed by atoms with Gasteiger partial charge in [-0.1, -0.05) is 18.2 Å². The number of aromatic hydroxyl groups is 1. The first-order valence-electron chi connectivity index (χ1n) is 17.2. The van der Waals surface area contributed by atoms with Gasteiger partial charge >= 0.3 is 124 Å². The van der Waals surface area contributed by atoms with E-state index in [0.29, 0.717) is 0 Å². The molecule has 1 amide bonds. The number of rotatable bonds is 18. The van der Waals surface area contributed by atoms with E-state index in [1.165, 1.54) is 48.5 Å². The van der Waals surface area contributed by atoms with Crippen LogP contribution in [-0.4, -0.2) is 85.7 Å². The van der Waals surface area contributed by atoms with Crippen LogP contribution < -0.4 is 139 Å². The van der Waals surface area contributed by atoms with Gasteiger partial charge in [-0.05, 0) is 72.8 Å². The van der Waals surface area contributed by atoms with Gasteiger partial charge in [-0.25, -0.2) is 33.7 Å². The van der Waals surface area contributed by atoms with Gasteiger partial charge in [0.15, 0.2) is 15.6 Å². The summed E-state index contributed by atoms with van der Waals surface area (Å²) in [4.78, 5) is 21.5. The quantitative estimate of drug-likeness (QED) is 0.0118. The smallest absolute Gasteiger partial charge is 0.744 e. The summed E-state index contributed by atoms with van der Waals surface area (Å²) < 4.78 is 153. The summed E-state index contributed by atoms with van der Waals surface area (Å²) >= 11 is 0.0966. The number of nitrogens with one attached hydrogen (secondary N) is 3. The van der Waals surface area contributed by atoms with E-state index in [9.17, 15) is 66.9 Å². The molecule has 69 heavy (non-hydrogen) atoms. The van der Waals surface area contributed by atoms with Crippen molar-refractivity contribution < 1.29 is 199 Å². The van der Waals surface area contributed by atoms with Crippen molar-refractivity contribution in [1.82, 2.24) is 15.0 Å². The number of phenolic OH excluding ortho intramolecular Hbond substituents is 1. The van der Waals surface area contributed by atoms with Gasteiger partial charge in [-0.15, -0.1) is 5.11 Å². The second-order valence-corrected chi connectivity index (χ2v) is 19.1. The summed E-state index contributed by atoms with van der Waals surface area (Å²) in [6.45, 7) is -0.944. The van der Waals surface area contributed by atoms with Crippen molar-refractivity contribution in [2.24, 2.45) is 10.2 Å². The molecule has 5 aromatic carbocycles. The summed E-state index contributed by atoms with van der Waals surface area (Å²) in [5.74, 6) is -3.74. The maximum absolute atomic E-state index is 14.6. The summed E-state index contributed by atoms with van der Waals surface area (Å²) in [5, 5.41) is 40.0. The average Bonchev–Trinajstić information content (AvgIpc) is 3.21. The van der Waals surface area contributed by atoms with E-state index in [-0.39, 0.29) is 168 Å². The SMILES string of the molecule is O=C(Nc1cccc(S(=O)(=O)CCOS(=O)(=O)[O-])c1)c1cccc(N=Nc2c(SOO[O-])cc3c(S(=O)(=O)[O-])c(Nc4nc(F)nc(Nc5cccc(S(=O)(=O)[O-])c5)n4)ccc3c2O)c1.[Na+].[Na+].[Na+].[Na+]. The topological polar surface area (TPSA) is 393 Å². The number of carbonyl (C=O) groups is 1. The minimum Gasteiger partial charge on any atom is -0.744 e. The average molecular weight is 1090 g/mol. The number of benzene rings is 5. The Bertz CT molecular complexity index is 3350. The summed E-state index contributed by atoms with van der Waals surface area (Å²) in [6, 6.07) is 17.5. The number of hydrogen-bond donors (Lipinski definition) is 4. The standard InChI is InChI=1S/C34H27FN8O17S5.4Na/c35-32-39-33(37-20-6-3-9-23(16-20)63(49,50)51)41-34(40-32)38-26-11-10-24-25(30(26)64(52,53)54)17-27(61-60-59-46)28(29(24)44)43-42-21-7-1-4-18(14-21)31(45)36-19-5-2-8-22(15-19)62(47,48)13-12-58-65(55,56)57;;;;/h1-11,14-17,44,46H,12-13H2,(H,36,45)(H,49,50,51)(H,52,53,54)(H,55,56,57)(H2,37,38,39,40,41);;;;/q;4*+1/p-4. The maximum atomic E-state index is 14.6. The summed E-state index contributed by atoms with van der Waals surface area (Å²) in [6.07, 6.45) is -1.44. The molecule has 35 heteroatoms. The van der Waals surface area contributed by atoms with Gasteiger partial charge in [0.2, 0.25) is 22.3 Å². The Morgan fingerprint density at radius 2 is 1.35 bits per heavy atom. The van der Waals surface area contributed by atoms with Crippen LogP contribution in [0.3, 0.4) is 0 Å². The van der Waals surface area contributed by atoms with Crippen LogP contribution in [0.2, 0.25) is 0 Å². The molecule has 4 N–H and O–H groups in total. The normalized spacial score (nSPS) is 11.7. The van der Waals surface area contributed by atoms with E-state index in [1.54, 1.807) is 0 Å². The zero-order valence-corrected chi connectivity index (χ0v) is 47.8. The molecular weight excluding hydrogens is 1060 g/mol. The van der Waals surface area contributed by atoms with E-state index in [0.717, 1.165) is 42.5 Å². The van der Waals surface area contributed by atoms with Gasteiger partial charge in [-0.2, -0.15) is 28.8 Å². The Labute approximate surface area is 483 Å². The number of halogens is 1. The van der Waals surface area contributed by atoms with E-state index < -0.39 is 109 Å². The first kappa shape index (κ1) is 62.8. The van der Waals surface area contributed by atoms with Crippen molar-refractivity contribution in [3.63, 3.8) is 0 Å². The van der Waals surface area contributed by atoms with Gasteiger partial charge < -0.3 is 40.0 Å². The van der Waals surface area contributed by atoms with Gasteiger partial charge in [0.05, 0.1) is 55.4 Å². The first-order chi connectivity index (χ1) is 30.5. The Morgan fingerprint density at radius 3 is 1.99 bits per heavy atom. The van der Waals surface area contributed by atoms with Gasteiger partial charge in [0.25, 0.3) is 5.91 Å². The van der Waals surface area contributed by atoms with E-state index in [1.807, 2.05) is 0 Å². The third kappa shape index (κ3) is 17.4. The van der Waals surface area contributed by atoms with Crippen molar-refractivity contribution in [3.8, 4) is 5.75 Å². The minimum atomic E-state index is -5.53. The molecule has 0 bridgehead atoms. The first-order valence-corrected chi connectivity index (χ1v) is 23.7. The molecule has 0 spiro atoms. The van der Waals surface area contributed by atoms with Crippen molar-refractivity contribution in [1.29, 1.82) is 0 Å². The number of hydrogen-bond acceptors (Lipinski definition) is 25. The Morgan fingerprint density at radius 1 is 0.725 bits per heavy atom. The second kappa shape index (κ2) is 26.5. The molecule has 25 nitrogen and oxygen atoms in total. The zero-order chi connectivity index (χ0) is 47.3. The van der Waals surface area contributed by atoms with Gasteiger partial charge in [-0.3, -0.25) is 14.0 Å². The Balaban J connectivity index is 0.00000408. The maximum Gasteiger partial charge on any atom is 1.00 e. The molecule has 1 heterocycles. The molecule has 0 aliphatic heterocycles. The Kier molecular flexibility index (Phi) is 24.1. The molecule has 0 aliphatic rings. The minimum absolute atomic E-state index is 0. The van der Waals surface area contributed by atoms with Crippen molar-refractivity contribution in [3.05, 3.63) is 103 Å². The van der Waals surface area contributed by atoms with E-state index in [2.05, 4.69) is 54.7 Å². The fourth-order valence-corrected chi connectivity index (χ4v) is 8.91. The number of sulfone groups is 1. The number of aromatic nitrogens is 3. The summed E-state index contributed by atoms with van der Waals surface area (Å²) in [7, 11) is -19.7. The van der Waals surface area contributed by atoms with Crippen LogP contribution in [0.1, 0.15) is 10.4 Å². The molecule has 0 saturated carbocycles. The molecule has 6 rings (SSSR count). The molecule has 0 aliphatic carbocycles. The molecule has 0 unspecified atom stereocenters. The van der Waals surface area contributed by atoms with Gasteiger partial charge in [0, 0.05) is 27.7 Å². The number of fused-ring (bicyclic) bond motifs is 1. The number of nitrogens with zero attached hydrogens (tertiary/aromatic N) is 5. The third-order valence-corrected chi connectivity index (χ3v) is 12.7. The molecular formula is C34H23FN8Na4O17S5. The number of phenols is 1. The monoisotopic (exact) mass is 1090 g/mol. The zero-order valence-electron chi connectivity index (χ0n) is 35.7. The molecule has 6 aromatic rings. The van der Waals surface area contributed by atoms with Crippen molar-refractivity contribution in [2.45, 2.75) is 19.6 Å². The van der Waals surface area contributed by atoms with Gasteiger partial charge in [0.1, 0.15) is 25.9 Å². The van der Waals surface area contributed by atoms with Crippen LogP contribution in [0.25, 0.3) is 10.8 Å². The third-order valence-electron chi connectivity index (χ3n) is 8.22. The van der Waals surface area contributed by atoms with Crippen LogP contribution in [-0.2, 0) is 54.0 Å². The molecule has 1 aromatic heterocycles. The summed E-state index contributed by atoms with van der Waals surface area (Å²) in [5.41, 5.74) is -1.23. The van der Waals surface area contributed by atoms with Crippen LogP contribution in [0.4, 0.5) is 44.7 Å². The molecule has 0 saturated heterocycles. The van der Waals surface area contributed by atoms with Crippen molar-refractivity contribution in [2.75, 3.05) is 28.3 Å². The molecule has 0 radical (unpaired) electrons. The molecule has 342 valence electrons.